The molecule has 2 heterocycles. The van der Waals surface area contributed by atoms with Gasteiger partial charge in [0, 0.05) is 12.8 Å². The summed E-state index contributed by atoms with van der Waals surface area (Å²) in [4.78, 5) is 25.7. The van der Waals surface area contributed by atoms with Crippen molar-refractivity contribution >= 4 is 11.9 Å². The molecule has 4 unspecified atom stereocenters. The van der Waals surface area contributed by atoms with Crippen molar-refractivity contribution in [3.05, 3.63) is 12.2 Å². The summed E-state index contributed by atoms with van der Waals surface area (Å²) >= 11 is 0. The van der Waals surface area contributed by atoms with Gasteiger partial charge in [-0.15, -0.1) is 0 Å². The number of ether oxygens (including phenoxy) is 6. The minimum atomic E-state index is -1.76. The molecular formula is C48H88O15. The predicted molar refractivity (Wildman–Crippen MR) is 238 cm³/mol. The molecule has 0 saturated carbocycles. The molecule has 15 nitrogen and oxygen atoms in total. The van der Waals surface area contributed by atoms with Gasteiger partial charge in [0.2, 0.25) is 0 Å². The molecule has 2 rings (SSSR count). The van der Waals surface area contributed by atoms with Crippen LogP contribution < -0.4 is 0 Å². The smallest absolute Gasteiger partial charge is 0.306 e. The monoisotopic (exact) mass is 905 g/mol. The van der Waals surface area contributed by atoms with Gasteiger partial charge in [-0.1, -0.05) is 148 Å². The van der Waals surface area contributed by atoms with Crippen LogP contribution in [-0.2, 0) is 38.0 Å². The quantitative estimate of drug-likeness (QED) is 0.0208. The highest BCUT2D eigenvalue weighted by atomic mass is 16.7. The van der Waals surface area contributed by atoms with Crippen LogP contribution in [0.15, 0.2) is 12.2 Å². The molecule has 15 heteroatoms. The van der Waals surface area contributed by atoms with E-state index in [1.807, 2.05) is 0 Å². The third-order valence-corrected chi connectivity index (χ3v) is 12.0. The van der Waals surface area contributed by atoms with Crippen LogP contribution in [-0.4, -0.2) is 142 Å². The standard InChI is InChI=1S/C48H88O15/c1-3-5-7-9-11-13-15-17-18-19-21-23-25-27-29-31-40(51)61-36(33-58-39(50)30-28-26-24-22-20-16-14-12-10-8-6-4-2)34-59-47-46(57)44(55)42(53)38(63-47)35-60-48-45(56)43(54)41(52)37(32-49)62-48/h12,14,36-38,41-49,52-57H,3-11,13,15-35H2,1-2H3/b14-12+/t36-,37-,38-,41+,42+,43?,44?,45?,46?,47-,48-/m1/s1. The minimum Gasteiger partial charge on any atom is -0.462 e. The van der Waals surface area contributed by atoms with E-state index in [4.69, 9.17) is 28.4 Å². The molecule has 0 aliphatic carbocycles. The minimum absolute atomic E-state index is 0.169. The predicted octanol–water partition coefficient (Wildman–Crippen LogP) is 6.21. The van der Waals surface area contributed by atoms with Gasteiger partial charge in [-0.2, -0.15) is 0 Å². The third kappa shape index (κ3) is 25.1. The van der Waals surface area contributed by atoms with E-state index in [9.17, 15) is 45.3 Å². The van der Waals surface area contributed by atoms with Crippen LogP contribution in [0, 0.1) is 0 Å². The molecule has 0 radical (unpaired) electrons. The second kappa shape index (κ2) is 36.4. The Hall–Kier alpha value is -1.76. The van der Waals surface area contributed by atoms with Crippen molar-refractivity contribution in [3.8, 4) is 0 Å². The highest BCUT2D eigenvalue weighted by molar-refractivity contribution is 5.70. The molecule has 370 valence electrons. The van der Waals surface area contributed by atoms with E-state index in [0.29, 0.717) is 12.8 Å². The van der Waals surface area contributed by atoms with Gasteiger partial charge in [-0.25, -0.2) is 0 Å². The van der Waals surface area contributed by atoms with Gasteiger partial charge in [-0.3, -0.25) is 9.59 Å². The highest BCUT2D eigenvalue weighted by Gasteiger charge is 2.47. The van der Waals surface area contributed by atoms with Crippen molar-refractivity contribution in [2.24, 2.45) is 0 Å². The second-order valence-corrected chi connectivity index (χ2v) is 17.6. The summed E-state index contributed by atoms with van der Waals surface area (Å²) in [5.41, 5.74) is 0. The number of allylic oxidation sites excluding steroid dienone is 2. The Morgan fingerprint density at radius 3 is 1.43 bits per heavy atom. The van der Waals surface area contributed by atoms with Gasteiger partial charge < -0.3 is 64.2 Å². The number of hydrogen-bond donors (Lipinski definition) is 7. The zero-order valence-electron chi connectivity index (χ0n) is 38.8. The molecule has 7 N–H and O–H groups in total. The topological polar surface area (TPSA) is 231 Å². The first-order chi connectivity index (χ1) is 30.5. The van der Waals surface area contributed by atoms with Gasteiger partial charge in [0.25, 0.3) is 0 Å². The van der Waals surface area contributed by atoms with E-state index in [1.54, 1.807) is 0 Å². The van der Waals surface area contributed by atoms with Crippen molar-refractivity contribution in [1.29, 1.82) is 0 Å². The van der Waals surface area contributed by atoms with Crippen molar-refractivity contribution < 1.29 is 73.8 Å². The SMILES string of the molecule is CCCCC/C=C/CCCCCCCC(=O)OC[C@H](CO[C@@H]1O[C@H](CO[C@@H]2O[C@H](CO)[C@H](O)C(O)C2O)[C@H](O)C(O)C1O)OC(=O)CCCCCCCCCCCCCCCCC. The number of hydrogen-bond acceptors (Lipinski definition) is 15. The van der Waals surface area contributed by atoms with Crippen LogP contribution in [0.2, 0.25) is 0 Å². The number of unbranched alkanes of at least 4 members (excludes halogenated alkanes) is 22. The highest BCUT2D eigenvalue weighted by Crippen LogP contribution is 2.26. The normalized spacial score (nSPS) is 26.9. The number of rotatable bonds is 38. The Morgan fingerprint density at radius 1 is 0.492 bits per heavy atom. The second-order valence-electron chi connectivity index (χ2n) is 17.6. The average Bonchev–Trinajstić information content (AvgIpc) is 3.28. The van der Waals surface area contributed by atoms with Crippen LogP contribution in [0.4, 0.5) is 0 Å². The number of carbonyl (C=O) groups excluding carboxylic acids is 2. The summed E-state index contributed by atoms with van der Waals surface area (Å²) in [6, 6.07) is 0. The molecule has 63 heavy (non-hydrogen) atoms. The van der Waals surface area contributed by atoms with Crippen molar-refractivity contribution in [2.75, 3.05) is 26.4 Å². The molecule has 11 atom stereocenters. The molecule has 0 spiro atoms. The van der Waals surface area contributed by atoms with Crippen LogP contribution in [0.1, 0.15) is 187 Å². The lowest BCUT2D eigenvalue weighted by Gasteiger charge is -2.42. The maximum absolute atomic E-state index is 13.0. The van der Waals surface area contributed by atoms with E-state index in [1.165, 1.54) is 89.9 Å². The van der Waals surface area contributed by atoms with E-state index in [2.05, 4.69) is 26.0 Å². The lowest BCUT2D eigenvalue weighted by molar-refractivity contribution is -0.332. The number of aliphatic hydroxyl groups excluding tert-OH is 7. The molecule has 2 aliphatic heterocycles. The Balaban J connectivity index is 1.83. The van der Waals surface area contributed by atoms with Gasteiger partial charge in [0.15, 0.2) is 18.7 Å². The number of aliphatic hydroxyl groups is 7. The van der Waals surface area contributed by atoms with Gasteiger partial charge in [0.1, 0.15) is 55.4 Å². The fourth-order valence-electron chi connectivity index (χ4n) is 7.86. The van der Waals surface area contributed by atoms with E-state index < -0.39 is 92.7 Å². The molecule has 2 fully saturated rings. The fourth-order valence-corrected chi connectivity index (χ4v) is 7.86. The van der Waals surface area contributed by atoms with E-state index >= 15 is 0 Å². The largest absolute Gasteiger partial charge is 0.462 e. The fraction of sp³-hybridized carbons (Fsp3) is 0.917. The summed E-state index contributed by atoms with van der Waals surface area (Å²) in [6.07, 6.45) is 16.7. The average molecular weight is 905 g/mol. The lowest BCUT2D eigenvalue weighted by Crippen LogP contribution is -2.61. The number of esters is 2. The summed E-state index contributed by atoms with van der Waals surface area (Å²) in [7, 11) is 0. The van der Waals surface area contributed by atoms with Crippen molar-refractivity contribution in [1.82, 2.24) is 0 Å². The summed E-state index contributed by atoms with van der Waals surface area (Å²) in [5.74, 6) is -0.928. The van der Waals surface area contributed by atoms with E-state index in [0.717, 1.165) is 57.8 Å². The van der Waals surface area contributed by atoms with Crippen molar-refractivity contribution in [2.45, 2.75) is 255 Å². The zero-order chi connectivity index (χ0) is 46.1. The molecule has 0 aromatic heterocycles. The molecule has 0 aromatic carbocycles. The van der Waals surface area contributed by atoms with Crippen LogP contribution >= 0.6 is 0 Å². The summed E-state index contributed by atoms with van der Waals surface area (Å²) < 4.78 is 33.5. The summed E-state index contributed by atoms with van der Waals surface area (Å²) in [6.45, 7) is 2.56. The summed E-state index contributed by atoms with van der Waals surface area (Å²) in [5, 5.41) is 71.9. The molecule has 2 saturated heterocycles. The van der Waals surface area contributed by atoms with Crippen LogP contribution in [0.25, 0.3) is 0 Å². The first-order valence-electron chi connectivity index (χ1n) is 24.8. The van der Waals surface area contributed by atoms with E-state index in [-0.39, 0.29) is 26.1 Å². The Morgan fingerprint density at radius 2 is 0.905 bits per heavy atom. The van der Waals surface area contributed by atoms with Gasteiger partial charge in [-0.05, 0) is 38.5 Å². The zero-order valence-corrected chi connectivity index (χ0v) is 38.8. The van der Waals surface area contributed by atoms with Crippen LogP contribution in [0.3, 0.4) is 0 Å². The van der Waals surface area contributed by atoms with Crippen molar-refractivity contribution in [3.63, 3.8) is 0 Å². The third-order valence-electron chi connectivity index (χ3n) is 12.0. The lowest BCUT2D eigenvalue weighted by atomic mass is 9.98. The maximum Gasteiger partial charge on any atom is 0.306 e. The maximum atomic E-state index is 13.0. The Labute approximate surface area is 378 Å². The molecule has 0 amide bonds. The molecule has 0 bridgehead atoms. The molecule has 0 aromatic rings. The molecular weight excluding hydrogens is 817 g/mol. The van der Waals surface area contributed by atoms with Crippen LogP contribution in [0.5, 0.6) is 0 Å². The number of carbonyl (C=O) groups is 2. The first-order valence-corrected chi connectivity index (χ1v) is 24.8. The van der Waals surface area contributed by atoms with Gasteiger partial charge in [0.05, 0.1) is 19.8 Å². The molecule has 2 aliphatic rings. The Bertz CT molecular complexity index is 1160. The van der Waals surface area contributed by atoms with Gasteiger partial charge >= 0.3 is 11.9 Å². The Kier molecular flexibility index (Phi) is 33.1. The first kappa shape index (κ1) is 57.4.